The number of nitrogens with zero attached hydrogens (tertiary/aromatic N) is 5. The summed E-state index contributed by atoms with van der Waals surface area (Å²) in [6.45, 7) is 2.58. The first-order valence-electron chi connectivity index (χ1n) is 20.2. The Morgan fingerprint density at radius 3 is 1.18 bits per heavy atom. The van der Waals surface area contributed by atoms with Crippen molar-refractivity contribution in [2.24, 2.45) is 0 Å². The molecular formula is C47H51N5O4. The van der Waals surface area contributed by atoms with E-state index >= 15 is 0 Å². The van der Waals surface area contributed by atoms with E-state index < -0.39 is 0 Å². The summed E-state index contributed by atoms with van der Waals surface area (Å²) in [5.41, 5.74) is 6.78. The maximum atomic E-state index is 6.49. The first-order valence-corrected chi connectivity index (χ1v) is 20.2. The lowest BCUT2D eigenvalue weighted by Crippen LogP contribution is -2.04. The highest BCUT2D eigenvalue weighted by molar-refractivity contribution is 5.79. The van der Waals surface area contributed by atoms with Gasteiger partial charge in [0, 0.05) is 29.6 Å². The van der Waals surface area contributed by atoms with Crippen molar-refractivity contribution in [2.45, 2.75) is 77.0 Å². The highest BCUT2D eigenvalue weighted by atomic mass is 16.5. The molecule has 0 aliphatic carbocycles. The quantitative estimate of drug-likeness (QED) is 0.171. The zero-order valence-electron chi connectivity index (χ0n) is 32.2. The molecule has 0 atom stereocenters. The molecule has 288 valence electrons. The maximum Gasteiger partial charge on any atom is 0.137 e. The molecule has 9 rings (SSSR count). The summed E-state index contributed by atoms with van der Waals surface area (Å²) in [4.78, 5) is 23.5. The molecule has 8 bridgehead atoms. The van der Waals surface area contributed by atoms with Crippen molar-refractivity contribution in [3.05, 3.63) is 116 Å². The van der Waals surface area contributed by atoms with E-state index in [1.54, 1.807) is 12.4 Å². The van der Waals surface area contributed by atoms with Crippen LogP contribution in [0.4, 0.5) is 0 Å². The van der Waals surface area contributed by atoms with Crippen molar-refractivity contribution < 1.29 is 18.9 Å². The van der Waals surface area contributed by atoms with Gasteiger partial charge in [0.05, 0.1) is 73.0 Å². The van der Waals surface area contributed by atoms with Crippen LogP contribution in [-0.4, -0.2) is 51.3 Å². The molecule has 0 amide bonds. The standard InChI is InChI=1S/C47H51N5O4/c1-3-7-15-30-55-46-33-47(39(41-19-10-12-27-49-41)32-38(46)40-18-9-11-26-48-40)56-31-16-8-4-2-6-14-29-54-37-23-25-43(51-35-37)45-21-17-20-44(52-45)42-24-22-36(34-50-42)53-28-13-5-1/h9-12,17-27,32-35H,1-8,13-16,28-31H2. The SMILES string of the molecule is c1ccc(-c2cc(-c3ccccn3)c3cc2OCCCCCCCCOc2ccc(nc2)-c2cccc(n2)-c2ccc(cn2)OCCCCCCCCO3)nc1. The summed E-state index contributed by atoms with van der Waals surface area (Å²) in [7, 11) is 0. The predicted molar refractivity (Wildman–Crippen MR) is 221 cm³/mol. The number of rotatable bonds is 2. The van der Waals surface area contributed by atoms with Crippen LogP contribution in [0.3, 0.4) is 0 Å². The second kappa shape index (κ2) is 20.7. The molecule has 3 aliphatic rings. The molecule has 0 saturated carbocycles. The van der Waals surface area contributed by atoms with Crippen LogP contribution in [0.1, 0.15) is 77.0 Å². The summed E-state index contributed by atoms with van der Waals surface area (Å²) in [6.07, 6.45) is 20.2. The second-order valence-electron chi connectivity index (χ2n) is 14.1. The Balaban J connectivity index is 1.00. The molecule has 56 heavy (non-hydrogen) atoms. The molecule has 6 aromatic rings. The van der Waals surface area contributed by atoms with Crippen LogP contribution >= 0.6 is 0 Å². The van der Waals surface area contributed by atoms with Crippen LogP contribution in [-0.2, 0) is 0 Å². The first-order chi connectivity index (χ1) is 27.8. The highest BCUT2D eigenvalue weighted by Crippen LogP contribution is 2.40. The Labute approximate surface area is 330 Å². The van der Waals surface area contributed by atoms with Gasteiger partial charge in [0.25, 0.3) is 0 Å². The molecule has 0 spiro atoms. The Morgan fingerprint density at radius 2 is 0.768 bits per heavy atom. The van der Waals surface area contributed by atoms with Gasteiger partial charge in [-0.15, -0.1) is 0 Å². The molecule has 9 nitrogen and oxygen atoms in total. The average Bonchev–Trinajstić information content (AvgIpc) is 3.25. The fraction of sp³-hybridized carbons (Fsp3) is 0.340. The van der Waals surface area contributed by atoms with Crippen LogP contribution in [0.5, 0.6) is 23.0 Å². The minimum absolute atomic E-state index is 0.627. The van der Waals surface area contributed by atoms with E-state index in [4.69, 9.17) is 23.9 Å². The van der Waals surface area contributed by atoms with Gasteiger partial charge in [-0.2, -0.15) is 0 Å². The molecule has 8 heterocycles. The maximum absolute atomic E-state index is 6.49. The van der Waals surface area contributed by atoms with Gasteiger partial charge >= 0.3 is 0 Å². The molecule has 9 heteroatoms. The van der Waals surface area contributed by atoms with Gasteiger partial charge in [-0.05, 0) is 92.4 Å². The molecule has 0 fully saturated rings. The van der Waals surface area contributed by atoms with Gasteiger partial charge in [0.2, 0.25) is 0 Å². The van der Waals surface area contributed by atoms with Gasteiger partial charge in [0.1, 0.15) is 23.0 Å². The molecule has 0 unspecified atom stereocenters. The minimum Gasteiger partial charge on any atom is -0.493 e. The second-order valence-corrected chi connectivity index (χ2v) is 14.1. The lowest BCUT2D eigenvalue weighted by atomic mass is 10.0. The van der Waals surface area contributed by atoms with Gasteiger partial charge in [0.15, 0.2) is 0 Å². The highest BCUT2D eigenvalue weighted by Gasteiger charge is 2.17. The Morgan fingerprint density at radius 1 is 0.339 bits per heavy atom. The molecular weight excluding hydrogens is 699 g/mol. The molecule has 5 aromatic heterocycles. The third kappa shape index (κ3) is 11.1. The Hall–Kier alpha value is -5.83. The molecule has 0 radical (unpaired) electrons. The number of ether oxygens (including phenoxy) is 4. The number of pyridine rings is 5. The van der Waals surface area contributed by atoms with Crippen molar-refractivity contribution in [3.8, 4) is 68.3 Å². The largest absolute Gasteiger partial charge is 0.493 e. The molecule has 1 aromatic carbocycles. The van der Waals surface area contributed by atoms with Crippen molar-refractivity contribution in [2.75, 3.05) is 26.4 Å². The summed E-state index contributed by atoms with van der Waals surface area (Å²) < 4.78 is 25.0. The van der Waals surface area contributed by atoms with Crippen molar-refractivity contribution in [1.82, 2.24) is 24.9 Å². The number of fused-ring (bicyclic) bond motifs is 2. The lowest BCUT2D eigenvalue weighted by molar-refractivity contribution is 0.288. The van der Waals surface area contributed by atoms with Crippen LogP contribution in [0.2, 0.25) is 0 Å². The third-order valence-corrected chi connectivity index (χ3v) is 9.84. The van der Waals surface area contributed by atoms with E-state index in [-0.39, 0.29) is 0 Å². The van der Waals surface area contributed by atoms with Gasteiger partial charge in [-0.3, -0.25) is 19.9 Å². The lowest BCUT2D eigenvalue weighted by Gasteiger charge is -2.18. The topological polar surface area (TPSA) is 101 Å². The molecule has 0 saturated heterocycles. The van der Waals surface area contributed by atoms with Crippen LogP contribution in [0.25, 0.3) is 45.3 Å². The van der Waals surface area contributed by atoms with Crippen LogP contribution in [0.15, 0.2) is 116 Å². The van der Waals surface area contributed by atoms with Crippen LogP contribution in [0, 0.1) is 0 Å². The van der Waals surface area contributed by atoms with E-state index in [9.17, 15) is 0 Å². The van der Waals surface area contributed by atoms with Crippen molar-refractivity contribution >= 4 is 0 Å². The zero-order chi connectivity index (χ0) is 38.0. The zero-order valence-corrected chi connectivity index (χ0v) is 32.2. The summed E-state index contributed by atoms with van der Waals surface area (Å²) >= 11 is 0. The number of aromatic nitrogens is 5. The van der Waals surface area contributed by atoms with E-state index in [2.05, 4.69) is 26.0 Å². The van der Waals surface area contributed by atoms with E-state index in [0.717, 1.165) is 145 Å². The molecule has 0 N–H and O–H groups in total. The average molecular weight is 750 g/mol. The van der Waals surface area contributed by atoms with E-state index in [1.807, 2.05) is 97.3 Å². The minimum atomic E-state index is 0.627. The van der Waals surface area contributed by atoms with Crippen molar-refractivity contribution in [1.29, 1.82) is 0 Å². The number of benzene rings is 1. The van der Waals surface area contributed by atoms with Gasteiger partial charge in [-0.1, -0.05) is 69.6 Å². The van der Waals surface area contributed by atoms with E-state index in [1.165, 1.54) is 0 Å². The summed E-state index contributed by atoms with van der Waals surface area (Å²) in [5.74, 6) is 3.11. The molecule has 3 aliphatic heterocycles. The van der Waals surface area contributed by atoms with E-state index in [0.29, 0.717) is 26.4 Å². The smallest absolute Gasteiger partial charge is 0.137 e. The summed E-state index contributed by atoms with van der Waals surface area (Å²) in [6, 6.07) is 29.9. The summed E-state index contributed by atoms with van der Waals surface area (Å²) in [5, 5.41) is 0. The van der Waals surface area contributed by atoms with Crippen molar-refractivity contribution in [3.63, 3.8) is 0 Å². The third-order valence-electron chi connectivity index (χ3n) is 9.84. The predicted octanol–water partition coefficient (Wildman–Crippen LogP) is 11.2. The fourth-order valence-corrected chi connectivity index (χ4v) is 6.77. The Bertz CT molecular complexity index is 1920. The number of hydrogen-bond donors (Lipinski definition) is 0. The first kappa shape index (κ1) is 38.4. The van der Waals surface area contributed by atoms with Gasteiger partial charge < -0.3 is 18.9 Å². The van der Waals surface area contributed by atoms with Gasteiger partial charge in [-0.25, -0.2) is 4.98 Å². The number of hydrogen-bond acceptors (Lipinski definition) is 9. The normalized spacial score (nSPS) is 15.3. The fourth-order valence-electron chi connectivity index (χ4n) is 6.77. The van der Waals surface area contributed by atoms with Crippen LogP contribution < -0.4 is 18.9 Å². The monoisotopic (exact) mass is 749 g/mol. The Kier molecular flexibility index (Phi) is 14.2.